The smallest absolute Gasteiger partial charge is 0.244 e. The highest BCUT2D eigenvalue weighted by Gasteiger charge is 2.30. The minimum absolute atomic E-state index is 0.260. The third kappa shape index (κ3) is 7.74. The lowest BCUT2D eigenvalue weighted by Gasteiger charge is -2.32. The minimum atomic E-state index is -3.79. The van der Waals surface area contributed by atoms with Crippen LogP contribution in [0.1, 0.15) is 31.9 Å². The predicted octanol–water partition coefficient (Wildman–Crippen LogP) is 3.65. The van der Waals surface area contributed by atoms with E-state index in [1.54, 1.807) is 32.0 Å². The van der Waals surface area contributed by atoms with E-state index in [1.807, 2.05) is 44.2 Å². The summed E-state index contributed by atoms with van der Waals surface area (Å²) in [4.78, 5) is 27.7. The maximum Gasteiger partial charge on any atom is 0.244 e. The van der Waals surface area contributed by atoms with Gasteiger partial charge in [-0.05, 0) is 49.4 Å². The van der Waals surface area contributed by atoms with Crippen LogP contribution in [0.2, 0.25) is 5.02 Å². The summed E-state index contributed by atoms with van der Waals surface area (Å²) in [7, 11) is -3.79. The minimum Gasteiger partial charge on any atom is -0.354 e. The highest BCUT2D eigenvalue weighted by Crippen LogP contribution is 2.28. The summed E-state index contributed by atoms with van der Waals surface area (Å²) in [5, 5.41) is 3.27. The van der Waals surface area contributed by atoms with Gasteiger partial charge in [-0.1, -0.05) is 61.8 Å². The summed E-state index contributed by atoms with van der Waals surface area (Å²) < 4.78 is 26.3. The monoisotopic (exact) mass is 507 g/mol. The van der Waals surface area contributed by atoms with Crippen LogP contribution in [0, 0.1) is 12.8 Å². The number of anilines is 1. The molecule has 1 atom stereocenters. The van der Waals surface area contributed by atoms with Crippen LogP contribution < -0.4 is 9.62 Å². The van der Waals surface area contributed by atoms with Crippen molar-refractivity contribution in [2.24, 2.45) is 5.92 Å². The average Bonchev–Trinajstić information content (AvgIpc) is 2.77. The summed E-state index contributed by atoms with van der Waals surface area (Å²) in [6.07, 6.45) is 1.58. The number of hydrogen-bond donors (Lipinski definition) is 1. The van der Waals surface area contributed by atoms with Gasteiger partial charge in [-0.3, -0.25) is 13.9 Å². The molecule has 2 aromatic rings. The quantitative estimate of drug-likeness (QED) is 0.503. The van der Waals surface area contributed by atoms with Gasteiger partial charge in [-0.15, -0.1) is 0 Å². The van der Waals surface area contributed by atoms with Crippen molar-refractivity contribution >= 4 is 39.1 Å². The van der Waals surface area contributed by atoms with Crippen molar-refractivity contribution in [1.29, 1.82) is 0 Å². The van der Waals surface area contributed by atoms with E-state index in [4.69, 9.17) is 11.6 Å². The topological polar surface area (TPSA) is 86.8 Å². The van der Waals surface area contributed by atoms with Crippen LogP contribution in [0.3, 0.4) is 0 Å². The Labute approximate surface area is 208 Å². The zero-order valence-electron chi connectivity index (χ0n) is 20.4. The number of hydrogen-bond acceptors (Lipinski definition) is 4. The van der Waals surface area contributed by atoms with Crippen molar-refractivity contribution in [3.05, 3.63) is 64.7 Å². The van der Waals surface area contributed by atoms with E-state index >= 15 is 0 Å². The number of halogens is 1. The van der Waals surface area contributed by atoms with Gasteiger partial charge in [0.15, 0.2) is 0 Å². The highest BCUT2D eigenvalue weighted by molar-refractivity contribution is 7.92. The molecule has 7 nitrogen and oxygen atoms in total. The molecule has 2 amide bonds. The van der Waals surface area contributed by atoms with E-state index in [-0.39, 0.29) is 18.4 Å². The molecule has 2 aromatic carbocycles. The van der Waals surface area contributed by atoms with Crippen molar-refractivity contribution in [2.45, 2.75) is 40.2 Å². The molecule has 0 heterocycles. The third-order valence-corrected chi connectivity index (χ3v) is 7.06. The average molecular weight is 508 g/mol. The standard InChI is InChI=1S/C25H34ClN3O4S/c1-18(2)16-27-25(31)20(4)28(15-14-21-10-7-6-8-11-21)24(30)17-29(34(5,32)33)23-13-9-12-22(26)19(23)3/h6-13,18,20H,14-17H2,1-5H3,(H,27,31)/t20-/m0/s1. The first-order chi connectivity index (χ1) is 15.9. The van der Waals surface area contributed by atoms with Gasteiger partial charge in [0.05, 0.1) is 11.9 Å². The number of carbonyl (C=O) groups excluding carboxylic acids is 2. The Morgan fingerprint density at radius 1 is 1.03 bits per heavy atom. The van der Waals surface area contributed by atoms with Crippen molar-refractivity contribution in [1.82, 2.24) is 10.2 Å². The SMILES string of the molecule is Cc1c(Cl)cccc1N(CC(=O)N(CCc1ccccc1)[C@@H](C)C(=O)NCC(C)C)S(C)(=O)=O. The van der Waals surface area contributed by atoms with E-state index in [0.717, 1.165) is 16.1 Å². The van der Waals surface area contributed by atoms with Gasteiger partial charge >= 0.3 is 0 Å². The summed E-state index contributed by atoms with van der Waals surface area (Å²) in [5.41, 5.74) is 1.91. The highest BCUT2D eigenvalue weighted by atomic mass is 35.5. The van der Waals surface area contributed by atoms with Crippen LogP contribution in [0.5, 0.6) is 0 Å². The first kappa shape index (κ1) is 27.7. The molecule has 0 aliphatic rings. The first-order valence-electron chi connectivity index (χ1n) is 11.3. The second-order valence-corrected chi connectivity index (χ2v) is 11.1. The fourth-order valence-electron chi connectivity index (χ4n) is 3.48. The molecule has 0 spiro atoms. The van der Waals surface area contributed by atoms with Crippen molar-refractivity contribution in [3.63, 3.8) is 0 Å². The van der Waals surface area contributed by atoms with Crippen LogP contribution in [-0.2, 0) is 26.0 Å². The van der Waals surface area contributed by atoms with E-state index < -0.39 is 28.5 Å². The number of sulfonamides is 1. The molecular weight excluding hydrogens is 474 g/mol. The summed E-state index contributed by atoms with van der Waals surface area (Å²) >= 11 is 6.21. The van der Waals surface area contributed by atoms with Gasteiger partial charge in [0.2, 0.25) is 21.8 Å². The van der Waals surface area contributed by atoms with Crippen LogP contribution >= 0.6 is 11.6 Å². The lowest BCUT2D eigenvalue weighted by Crippen LogP contribution is -2.52. The van der Waals surface area contributed by atoms with Crippen LogP contribution in [0.15, 0.2) is 48.5 Å². The van der Waals surface area contributed by atoms with Crippen LogP contribution in [0.4, 0.5) is 5.69 Å². The largest absolute Gasteiger partial charge is 0.354 e. The molecule has 0 bridgehead atoms. The molecule has 34 heavy (non-hydrogen) atoms. The Hall–Kier alpha value is -2.58. The Morgan fingerprint density at radius 3 is 2.26 bits per heavy atom. The van der Waals surface area contributed by atoms with E-state index in [1.165, 1.54) is 4.90 Å². The van der Waals surface area contributed by atoms with Gasteiger partial charge in [-0.2, -0.15) is 0 Å². The fraction of sp³-hybridized carbons (Fsp3) is 0.440. The van der Waals surface area contributed by atoms with E-state index in [0.29, 0.717) is 29.2 Å². The molecule has 0 unspecified atom stereocenters. The molecule has 0 fully saturated rings. The molecule has 0 aliphatic heterocycles. The molecule has 0 aromatic heterocycles. The van der Waals surface area contributed by atoms with E-state index in [2.05, 4.69) is 5.32 Å². The first-order valence-corrected chi connectivity index (χ1v) is 13.5. The lowest BCUT2D eigenvalue weighted by molar-refractivity contribution is -0.138. The number of amides is 2. The Kier molecular flexibility index (Phi) is 9.94. The number of benzene rings is 2. The molecule has 0 saturated heterocycles. The van der Waals surface area contributed by atoms with Gasteiger partial charge in [0.1, 0.15) is 12.6 Å². The zero-order chi connectivity index (χ0) is 25.5. The maximum atomic E-state index is 13.5. The number of carbonyl (C=O) groups is 2. The van der Waals surface area contributed by atoms with Gasteiger partial charge in [-0.25, -0.2) is 8.42 Å². The molecule has 9 heteroatoms. The second kappa shape index (κ2) is 12.2. The number of nitrogens with zero attached hydrogens (tertiary/aromatic N) is 2. The maximum absolute atomic E-state index is 13.5. The van der Waals surface area contributed by atoms with Crippen LogP contribution in [0.25, 0.3) is 0 Å². The summed E-state index contributed by atoms with van der Waals surface area (Å²) in [6, 6.07) is 13.8. The normalized spacial score (nSPS) is 12.3. The zero-order valence-corrected chi connectivity index (χ0v) is 22.0. The second-order valence-electron chi connectivity index (χ2n) is 8.79. The van der Waals surface area contributed by atoms with Crippen molar-refractivity contribution < 1.29 is 18.0 Å². The number of rotatable bonds is 11. The fourth-order valence-corrected chi connectivity index (χ4v) is 4.55. The van der Waals surface area contributed by atoms with Gasteiger partial charge in [0.25, 0.3) is 0 Å². The van der Waals surface area contributed by atoms with Gasteiger partial charge < -0.3 is 10.2 Å². The summed E-state index contributed by atoms with van der Waals surface area (Å²) in [6.45, 7) is 7.66. The van der Waals surface area contributed by atoms with Crippen molar-refractivity contribution in [2.75, 3.05) is 30.2 Å². The molecule has 0 radical (unpaired) electrons. The lowest BCUT2D eigenvalue weighted by atomic mass is 10.1. The molecule has 0 aliphatic carbocycles. The number of nitrogens with one attached hydrogen (secondary N) is 1. The third-order valence-electron chi connectivity index (χ3n) is 5.52. The Bertz CT molecular complexity index is 1090. The van der Waals surface area contributed by atoms with E-state index in [9.17, 15) is 18.0 Å². The van der Waals surface area contributed by atoms with Crippen LogP contribution in [-0.4, -0.2) is 57.1 Å². The summed E-state index contributed by atoms with van der Waals surface area (Å²) in [5.74, 6) is -0.482. The Morgan fingerprint density at radius 2 is 1.68 bits per heavy atom. The molecule has 0 saturated carbocycles. The Balaban J connectivity index is 2.33. The molecular formula is C25H34ClN3O4S. The molecule has 186 valence electrons. The molecule has 1 N–H and O–H groups in total. The van der Waals surface area contributed by atoms with Crippen molar-refractivity contribution in [3.8, 4) is 0 Å². The molecule has 2 rings (SSSR count). The predicted molar refractivity (Wildman–Crippen MR) is 138 cm³/mol. The van der Waals surface area contributed by atoms with Gasteiger partial charge in [0, 0.05) is 18.1 Å².